The number of hydrogen-bond donors (Lipinski definition) is 3. The Morgan fingerprint density at radius 1 is 1.40 bits per heavy atom. The Labute approximate surface area is 151 Å². The maximum absolute atomic E-state index is 12.5. The molecule has 1 aromatic carbocycles. The second-order valence-electron chi connectivity index (χ2n) is 6.59. The topological polar surface area (TPSA) is 110 Å². The number of fused-ring (bicyclic) bond motifs is 1. The number of carbonyl (C=O) groups is 1. The van der Waals surface area contributed by atoms with Crippen LogP contribution in [-0.4, -0.2) is 27.5 Å². The predicted molar refractivity (Wildman–Crippen MR) is 99.4 cm³/mol. The van der Waals surface area contributed by atoms with Crippen molar-refractivity contribution in [3.05, 3.63) is 44.6 Å². The Hall–Kier alpha value is -2.12. The van der Waals surface area contributed by atoms with Crippen LogP contribution in [0.15, 0.2) is 27.8 Å². The second kappa shape index (κ2) is 7.01. The molecule has 0 aliphatic heterocycles. The van der Waals surface area contributed by atoms with E-state index >= 15 is 0 Å². The summed E-state index contributed by atoms with van der Waals surface area (Å²) in [5, 5.41) is 3.38. The molecule has 1 heterocycles. The first-order chi connectivity index (χ1) is 11.4. The summed E-state index contributed by atoms with van der Waals surface area (Å²) in [4.78, 5) is 39.4. The fourth-order valence-corrected chi connectivity index (χ4v) is 3.05. The molecule has 0 radical (unpaired) electrons. The molecule has 0 spiro atoms. The van der Waals surface area contributed by atoms with Crippen molar-refractivity contribution >= 4 is 29.2 Å². The van der Waals surface area contributed by atoms with Crippen LogP contribution in [0.1, 0.15) is 37.0 Å². The highest BCUT2D eigenvalue weighted by molar-refractivity contribution is 5.98. The van der Waals surface area contributed by atoms with Crippen LogP contribution >= 0.6 is 12.4 Å². The maximum atomic E-state index is 12.5. The number of amides is 1. The number of benzene rings is 1. The van der Waals surface area contributed by atoms with Gasteiger partial charge >= 0.3 is 5.69 Å². The van der Waals surface area contributed by atoms with Crippen LogP contribution < -0.4 is 22.3 Å². The van der Waals surface area contributed by atoms with Gasteiger partial charge in [0.25, 0.3) is 11.5 Å². The molecular formula is C17H23ClN4O3. The van der Waals surface area contributed by atoms with Crippen LogP contribution in [0.25, 0.3) is 10.9 Å². The molecule has 7 nitrogen and oxygen atoms in total. The number of rotatable bonds is 5. The number of nitrogens with one attached hydrogen (secondary N) is 2. The lowest BCUT2D eigenvalue weighted by molar-refractivity contribution is 0.0898. The summed E-state index contributed by atoms with van der Waals surface area (Å²) in [7, 11) is 0. The number of aromatic amines is 1. The van der Waals surface area contributed by atoms with Crippen molar-refractivity contribution in [2.24, 2.45) is 11.7 Å². The lowest BCUT2D eigenvalue weighted by Gasteiger charge is -2.29. The molecule has 136 valence electrons. The maximum Gasteiger partial charge on any atom is 0.328 e. The number of H-pyrrole nitrogens is 1. The van der Waals surface area contributed by atoms with Crippen LogP contribution in [0.3, 0.4) is 0 Å². The molecule has 0 bridgehead atoms. The third kappa shape index (κ3) is 3.48. The van der Waals surface area contributed by atoms with Crippen LogP contribution in [-0.2, 0) is 6.54 Å². The van der Waals surface area contributed by atoms with Gasteiger partial charge in [-0.1, -0.05) is 0 Å². The average molecular weight is 367 g/mol. The van der Waals surface area contributed by atoms with Gasteiger partial charge in [-0.25, -0.2) is 4.79 Å². The Kier molecular flexibility index (Phi) is 5.39. The molecule has 0 saturated heterocycles. The Morgan fingerprint density at radius 3 is 2.64 bits per heavy atom. The van der Waals surface area contributed by atoms with Gasteiger partial charge in [-0.15, -0.1) is 12.4 Å². The number of nitrogens with two attached hydrogens (primary N) is 1. The summed E-state index contributed by atoms with van der Waals surface area (Å²) in [6, 6.07) is 4.71. The van der Waals surface area contributed by atoms with Crippen molar-refractivity contribution < 1.29 is 4.79 Å². The highest BCUT2D eigenvalue weighted by atomic mass is 35.5. The van der Waals surface area contributed by atoms with E-state index in [4.69, 9.17) is 5.73 Å². The third-order valence-corrected chi connectivity index (χ3v) is 4.86. The zero-order valence-corrected chi connectivity index (χ0v) is 15.1. The molecule has 1 aliphatic carbocycles. The van der Waals surface area contributed by atoms with Gasteiger partial charge in [0.15, 0.2) is 0 Å². The molecule has 1 saturated carbocycles. The van der Waals surface area contributed by atoms with Gasteiger partial charge in [-0.3, -0.25) is 14.2 Å². The third-order valence-electron chi connectivity index (χ3n) is 4.86. The van der Waals surface area contributed by atoms with Crippen molar-refractivity contribution in [3.63, 3.8) is 0 Å². The molecule has 1 fully saturated rings. The minimum absolute atomic E-state index is 0. The van der Waals surface area contributed by atoms with Gasteiger partial charge in [0.05, 0.1) is 16.4 Å². The minimum Gasteiger partial charge on any atom is -0.345 e. The van der Waals surface area contributed by atoms with Crippen LogP contribution in [0.2, 0.25) is 0 Å². The Morgan fingerprint density at radius 2 is 2.08 bits per heavy atom. The molecule has 1 aromatic heterocycles. The first-order valence-electron chi connectivity index (χ1n) is 8.19. The van der Waals surface area contributed by atoms with E-state index < -0.39 is 11.2 Å². The van der Waals surface area contributed by atoms with Crippen molar-refractivity contribution in [3.8, 4) is 0 Å². The average Bonchev–Trinajstić information content (AvgIpc) is 3.40. The molecule has 3 rings (SSSR count). The molecule has 1 aliphatic rings. The number of aromatic nitrogens is 2. The lowest BCUT2D eigenvalue weighted by Crippen LogP contribution is -2.53. The van der Waals surface area contributed by atoms with Crippen molar-refractivity contribution in [2.45, 2.75) is 38.8 Å². The largest absolute Gasteiger partial charge is 0.345 e. The number of carbonyl (C=O) groups excluding carboxylic acids is 1. The quantitative estimate of drug-likeness (QED) is 0.732. The monoisotopic (exact) mass is 366 g/mol. The summed E-state index contributed by atoms with van der Waals surface area (Å²) in [5.41, 5.74) is 5.34. The molecule has 4 N–H and O–H groups in total. The first-order valence-corrected chi connectivity index (χ1v) is 8.19. The summed E-state index contributed by atoms with van der Waals surface area (Å²) >= 11 is 0. The highest BCUT2D eigenvalue weighted by Gasteiger charge is 2.41. The fourth-order valence-electron chi connectivity index (χ4n) is 3.05. The van der Waals surface area contributed by atoms with Gasteiger partial charge < -0.3 is 16.0 Å². The number of halogens is 1. The molecule has 1 atom stereocenters. The molecule has 2 aromatic rings. The molecule has 25 heavy (non-hydrogen) atoms. The lowest BCUT2D eigenvalue weighted by atomic mass is 9.95. The molecule has 8 heteroatoms. The van der Waals surface area contributed by atoms with Crippen LogP contribution in [0, 0.1) is 5.92 Å². The minimum atomic E-state index is -0.475. The SMILES string of the molecule is CCn1c(=O)[nH]c2cc(C(=O)NC(C)(CN)C3CC3)ccc2c1=O.Cl. The Balaban J connectivity index is 0.00000225. The molecule has 1 unspecified atom stereocenters. The number of nitrogens with zero attached hydrogens (tertiary/aromatic N) is 1. The van der Waals surface area contributed by atoms with Crippen molar-refractivity contribution in [2.75, 3.05) is 6.54 Å². The normalized spacial score (nSPS) is 16.1. The first kappa shape index (κ1) is 19.2. The highest BCUT2D eigenvalue weighted by Crippen LogP contribution is 2.39. The Bertz CT molecular complexity index is 916. The van der Waals surface area contributed by atoms with Crippen molar-refractivity contribution in [1.82, 2.24) is 14.9 Å². The van der Waals surface area contributed by atoms with E-state index in [1.807, 2.05) is 6.92 Å². The van der Waals surface area contributed by atoms with Gasteiger partial charge in [0, 0.05) is 18.7 Å². The summed E-state index contributed by atoms with van der Waals surface area (Å²) in [6.07, 6.45) is 2.13. The molecular weight excluding hydrogens is 344 g/mol. The van der Waals surface area contributed by atoms with Crippen LogP contribution in [0.5, 0.6) is 0 Å². The van der Waals surface area contributed by atoms with Gasteiger partial charge in [-0.2, -0.15) is 0 Å². The van der Waals surface area contributed by atoms with E-state index in [2.05, 4.69) is 10.3 Å². The fraction of sp³-hybridized carbons (Fsp3) is 0.471. The summed E-state index contributed by atoms with van der Waals surface area (Å²) in [5.74, 6) is 0.153. The summed E-state index contributed by atoms with van der Waals surface area (Å²) < 4.78 is 1.13. The van der Waals surface area contributed by atoms with E-state index in [0.717, 1.165) is 17.4 Å². The second-order valence-corrected chi connectivity index (χ2v) is 6.59. The van der Waals surface area contributed by atoms with Gasteiger partial charge in [0.1, 0.15) is 0 Å². The van der Waals surface area contributed by atoms with E-state index in [9.17, 15) is 14.4 Å². The van der Waals surface area contributed by atoms with E-state index in [1.165, 1.54) is 6.07 Å². The van der Waals surface area contributed by atoms with Crippen LogP contribution in [0.4, 0.5) is 0 Å². The van der Waals surface area contributed by atoms with Crippen molar-refractivity contribution in [1.29, 1.82) is 0 Å². The smallest absolute Gasteiger partial charge is 0.328 e. The zero-order valence-electron chi connectivity index (χ0n) is 14.3. The van der Waals surface area contributed by atoms with E-state index in [-0.39, 0.29) is 23.9 Å². The predicted octanol–water partition coefficient (Wildman–Crippen LogP) is 0.989. The summed E-state index contributed by atoms with van der Waals surface area (Å²) in [6.45, 7) is 4.35. The zero-order chi connectivity index (χ0) is 17.5. The van der Waals surface area contributed by atoms with Gasteiger partial charge in [0.2, 0.25) is 0 Å². The number of hydrogen-bond acceptors (Lipinski definition) is 4. The standard InChI is InChI=1S/C17H22N4O3.ClH/c1-3-21-15(23)12-7-4-10(8-13(12)19-16(21)24)14(22)20-17(2,9-18)11-5-6-11;/h4,7-8,11H,3,5-6,9,18H2,1-2H3,(H,19,24)(H,20,22);1H. The van der Waals surface area contributed by atoms with Gasteiger partial charge in [-0.05, 0) is 50.8 Å². The van der Waals surface area contributed by atoms with E-state index in [0.29, 0.717) is 35.5 Å². The van der Waals surface area contributed by atoms with E-state index in [1.54, 1.807) is 19.1 Å². The molecule has 1 amide bonds.